The summed E-state index contributed by atoms with van der Waals surface area (Å²) in [6, 6.07) is 7.02. The highest BCUT2D eigenvalue weighted by Gasteiger charge is 2.75. The number of benzene rings is 1. The number of ether oxygens (including phenoxy) is 1. The van der Waals surface area contributed by atoms with Crippen molar-refractivity contribution >= 4 is 17.6 Å². The first kappa shape index (κ1) is 16.0. The molecule has 5 heteroatoms. The lowest BCUT2D eigenvalue weighted by molar-refractivity contribution is -0.165. The van der Waals surface area contributed by atoms with E-state index in [2.05, 4.69) is 5.32 Å². The van der Waals surface area contributed by atoms with E-state index in [1.54, 1.807) is 31.2 Å². The first-order valence-electron chi connectivity index (χ1n) is 7.97. The maximum absolute atomic E-state index is 12.9. The second-order valence-electron chi connectivity index (χ2n) is 7.43. The lowest BCUT2D eigenvalue weighted by atomic mass is 9.66. The molecule has 1 aromatic carbocycles. The molecule has 1 amide bonds. The van der Waals surface area contributed by atoms with Crippen LogP contribution >= 0.6 is 0 Å². The molecule has 0 aromatic heterocycles. The average Bonchev–Trinajstić information content (AvgIpc) is 2.78. The Morgan fingerprint density at radius 2 is 1.83 bits per heavy atom. The molecule has 3 atom stereocenters. The van der Waals surface area contributed by atoms with E-state index in [0.717, 1.165) is 5.56 Å². The van der Waals surface area contributed by atoms with Gasteiger partial charge in [0.1, 0.15) is 0 Å². The molecule has 0 radical (unpaired) electrons. The third-order valence-electron chi connectivity index (χ3n) is 6.10. The number of carbonyl (C=O) groups is 2. The van der Waals surface area contributed by atoms with Gasteiger partial charge in [-0.25, -0.2) is 0 Å². The molecule has 1 heterocycles. The number of nitrogens with one attached hydrogen (secondary N) is 1. The number of hydrogen-bond donors (Lipinski definition) is 2. The van der Waals surface area contributed by atoms with Gasteiger partial charge in [-0.1, -0.05) is 26.0 Å². The van der Waals surface area contributed by atoms with Crippen molar-refractivity contribution in [3.63, 3.8) is 0 Å². The van der Waals surface area contributed by atoms with Gasteiger partial charge < -0.3 is 15.2 Å². The van der Waals surface area contributed by atoms with Crippen molar-refractivity contribution in [3.8, 4) is 0 Å². The fourth-order valence-corrected chi connectivity index (χ4v) is 3.82. The van der Waals surface area contributed by atoms with Crippen LogP contribution in [0, 0.1) is 10.8 Å². The molecule has 124 valence electrons. The number of esters is 1. The third-order valence-corrected chi connectivity index (χ3v) is 6.10. The Kier molecular flexibility index (Phi) is 3.34. The number of aliphatic hydroxyl groups is 1. The van der Waals surface area contributed by atoms with Crippen LogP contribution in [0.4, 0.5) is 5.69 Å². The predicted octanol–water partition coefficient (Wildman–Crippen LogP) is 2.80. The Morgan fingerprint density at radius 3 is 2.26 bits per heavy atom. The number of rotatable bonds is 3. The summed E-state index contributed by atoms with van der Waals surface area (Å²) in [7, 11) is 0. The van der Waals surface area contributed by atoms with E-state index < -0.39 is 22.5 Å². The first-order valence-corrected chi connectivity index (χ1v) is 7.97. The van der Waals surface area contributed by atoms with E-state index in [1.165, 1.54) is 0 Å². The standard InChI is InChI=1S/C18H23NO4/c1-11(20)12-5-7-13(8-6-12)19-14(21)18-10-9-17(4,15(22)23-18)16(18,2)3/h5-8,11,20H,9-10H2,1-4H3,(H,19,21)/t11-,17+,18+/m0/s1. The van der Waals surface area contributed by atoms with Crippen molar-refractivity contribution in [1.29, 1.82) is 0 Å². The molecule has 1 saturated heterocycles. The highest BCUT2D eigenvalue weighted by atomic mass is 16.6. The summed E-state index contributed by atoms with van der Waals surface area (Å²) in [4.78, 5) is 25.1. The van der Waals surface area contributed by atoms with E-state index in [9.17, 15) is 14.7 Å². The molecule has 2 fully saturated rings. The van der Waals surface area contributed by atoms with Crippen molar-refractivity contribution in [1.82, 2.24) is 0 Å². The summed E-state index contributed by atoms with van der Waals surface area (Å²) >= 11 is 0. The predicted molar refractivity (Wildman–Crippen MR) is 85.7 cm³/mol. The van der Waals surface area contributed by atoms with Crippen LogP contribution in [-0.4, -0.2) is 22.6 Å². The Balaban J connectivity index is 1.85. The van der Waals surface area contributed by atoms with Gasteiger partial charge in [-0.2, -0.15) is 0 Å². The normalized spacial score (nSPS) is 32.5. The lowest BCUT2D eigenvalue weighted by Crippen LogP contribution is -2.50. The SMILES string of the molecule is C[C@H](O)c1ccc(NC(=O)[C@@]23CC[C@](C)(C(=O)O2)C3(C)C)cc1. The number of carbonyl (C=O) groups excluding carboxylic acids is 2. The Hall–Kier alpha value is -1.88. The molecule has 0 spiro atoms. The fraction of sp³-hybridized carbons (Fsp3) is 0.556. The Labute approximate surface area is 136 Å². The number of hydrogen-bond acceptors (Lipinski definition) is 4. The topological polar surface area (TPSA) is 75.6 Å². The minimum absolute atomic E-state index is 0.276. The maximum Gasteiger partial charge on any atom is 0.313 e. The largest absolute Gasteiger partial charge is 0.448 e. The van der Waals surface area contributed by atoms with E-state index in [0.29, 0.717) is 18.5 Å². The minimum Gasteiger partial charge on any atom is -0.448 e. The number of aliphatic hydroxyl groups excluding tert-OH is 1. The van der Waals surface area contributed by atoms with Gasteiger partial charge in [0.05, 0.1) is 11.5 Å². The summed E-state index contributed by atoms with van der Waals surface area (Å²) in [6.45, 7) is 7.43. The second-order valence-corrected chi connectivity index (χ2v) is 7.43. The fourth-order valence-electron chi connectivity index (χ4n) is 3.82. The van der Waals surface area contributed by atoms with E-state index in [-0.39, 0.29) is 11.9 Å². The average molecular weight is 317 g/mol. The molecule has 1 aliphatic carbocycles. The van der Waals surface area contributed by atoms with Crippen molar-refractivity contribution in [2.45, 2.75) is 52.2 Å². The Bertz CT molecular complexity index is 664. The van der Waals surface area contributed by atoms with Crippen molar-refractivity contribution in [2.75, 3.05) is 5.32 Å². The van der Waals surface area contributed by atoms with Crippen molar-refractivity contribution in [2.24, 2.45) is 10.8 Å². The van der Waals surface area contributed by atoms with Gasteiger partial charge in [0.25, 0.3) is 5.91 Å². The molecule has 0 unspecified atom stereocenters. The summed E-state index contributed by atoms with van der Waals surface area (Å²) in [5.41, 5.74) is -0.869. The van der Waals surface area contributed by atoms with E-state index >= 15 is 0 Å². The van der Waals surface area contributed by atoms with E-state index in [4.69, 9.17) is 4.74 Å². The van der Waals surface area contributed by atoms with Crippen LogP contribution in [0.2, 0.25) is 0 Å². The first-order chi connectivity index (χ1) is 10.6. The minimum atomic E-state index is -1.11. The van der Waals surface area contributed by atoms with Gasteiger partial charge in [-0.3, -0.25) is 9.59 Å². The zero-order valence-corrected chi connectivity index (χ0v) is 14.0. The molecule has 2 N–H and O–H groups in total. The van der Waals surface area contributed by atoms with Crippen molar-refractivity contribution < 1.29 is 19.4 Å². The number of anilines is 1. The maximum atomic E-state index is 12.9. The number of fused-ring (bicyclic) bond motifs is 2. The Morgan fingerprint density at radius 1 is 1.22 bits per heavy atom. The van der Waals surface area contributed by atoms with Gasteiger partial charge in [-0.15, -0.1) is 0 Å². The van der Waals surface area contributed by atoms with Crippen molar-refractivity contribution in [3.05, 3.63) is 29.8 Å². The van der Waals surface area contributed by atoms with Gasteiger partial charge in [-0.05, 0) is 44.4 Å². The molecule has 1 saturated carbocycles. The molecule has 5 nitrogen and oxygen atoms in total. The lowest BCUT2D eigenvalue weighted by Gasteiger charge is -2.35. The molecule has 3 rings (SSSR count). The molecule has 2 aliphatic rings. The van der Waals surface area contributed by atoms with Crippen LogP contribution in [0.25, 0.3) is 0 Å². The smallest absolute Gasteiger partial charge is 0.313 e. The van der Waals surface area contributed by atoms with Crippen LogP contribution in [0.5, 0.6) is 0 Å². The van der Waals surface area contributed by atoms with Crippen LogP contribution in [0.1, 0.15) is 52.2 Å². The molecular formula is C18H23NO4. The van der Waals surface area contributed by atoms with Crippen LogP contribution < -0.4 is 5.32 Å². The molecular weight excluding hydrogens is 294 g/mol. The second kappa shape index (κ2) is 4.81. The van der Waals surface area contributed by atoms with E-state index in [1.807, 2.05) is 20.8 Å². The molecule has 1 aromatic rings. The molecule has 1 aliphatic heterocycles. The number of amides is 1. The third kappa shape index (κ3) is 1.96. The zero-order valence-electron chi connectivity index (χ0n) is 14.0. The molecule has 23 heavy (non-hydrogen) atoms. The molecule has 2 bridgehead atoms. The summed E-state index contributed by atoms with van der Waals surface area (Å²) < 4.78 is 5.57. The van der Waals surface area contributed by atoms with Gasteiger partial charge in [0.15, 0.2) is 5.60 Å². The van der Waals surface area contributed by atoms with Gasteiger partial charge in [0, 0.05) is 11.1 Å². The monoisotopic (exact) mass is 317 g/mol. The summed E-state index contributed by atoms with van der Waals surface area (Å²) in [5, 5.41) is 12.4. The summed E-state index contributed by atoms with van der Waals surface area (Å²) in [6.07, 6.45) is 0.649. The zero-order chi connectivity index (χ0) is 17.0. The highest BCUT2D eigenvalue weighted by Crippen LogP contribution is 2.65. The quantitative estimate of drug-likeness (QED) is 0.841. The van der Waals surface area contributed by atoms with Gasteiger partial charge in [0.2, 0.25) is 0 Å². The van der Waals surface area contributed by atoms with Crippen LogP contribution in [0.3, 0.4) is 0 Å². The van der Waals surface area contributed by atoms with Crippen LogP contribution in [-0.2, 0) is 14.3 Å². The van der Waals surface area contributed by atoms with Crippen LogP contribution in [0.15, 0.2) is 24.3 Å². The van der Waals surface area contributed by atoms with Gasteiger partial charge >= 0.3 is 5.97 Å². The summed E-state index contributed by atoms with van der Waals surface area (Å²) in [5.74, 6) is -0.560. The highest BCUT2D eigenvalue weighted by molar-refractivity contribution is 6.03.